The predicted molar refractivity (Wildman–Crippen MR) is 121 cm³/mol. The average Bonchev–Trinajstić information content (AvgIpc) is 2.94. The second-order valence-electron chi connectivity index (χ2n) is 7.58. The highest BCUT2D eigenvalue weighted by Crippen LogP contribution is 2.29. The first-order chi connectivity index (χ1) is 15.0. The zero-order valence-corrected chi connectivity index (χ0v) is 18.5. The molecule has 8 heteroatoms. The number of fused-ring (bicyclic) bond motifs is 2. The van der Waals surface area contributed by atoms with Crippen LogP contribution >= 0.6 is 11.3 Å². The maximum absolute atomic E-state index is 13.1. The standard InChI is InChI=1S/C23H25N3O4S/c1-3-25(16-10-6-4-7-11-16)18(27)14-30-23(29)20-15(2)19-21(31-20)24-17-12-8-5-9-13-26(17)22(19)28/h4,6-7,10-11H,3,5,8-9,12-14H2,1-2H3. The second kappa shape index (κ2) is 9.01. The fourth-order valence-corrected chi connectivity index (χ4v) is 5.07. The van der Waals surface area contributed by atoms with Gasteiger partial charge in [-0.3, -0.25) is 14.2 Å². The highest BCUT2D eigenvalue weighted by molar-refractivity contribution is 7.20. The molecule has 0 atom stereocenters. The zero-order valence-electron chi connectivity index (χ0n) is 17.7. The molecule has 31 heavy (non-hydrogen) atoms. The minimum Gasteiger partial charge on any atom is -0.451 e. The molecule has 0 unspecified atom stereocenters. The van der Waals surface area contributed by atoms with Gasteiger partial charge in [0.2, 0.25) is 0 Å². The number of likely N-dealkylation sites (N-methyl/N-ethyl adjacent to an activating group) is 1. The largest absolute Gasteiger partial charge is 0.451 e. The quantitative estimate of drug-likeness (QED) is 0.566. The summed E-state index contributed by atoms with van der Waals surface area (Å²) < 4.78 is 7.08. The SMILES string of the molecule is CCN(C(=O)COC(=O)c1sc2nc3n(c(=O)c2c1C)CCCCC3)c1ccccc1. The van der Waals surface area contributed by atoms with Crippen molar-refractivity contribution in [2.24, 2.45) is 0 Å². The lowest BCUT2D eigenvalue weighted by Gasteiger charge is -2.20. The third kappa shape index (κ3) is 4.12. The van der Waals surface area contributed by atoms with E-state index in [0.29, 0.717) is 33.7 Å². The van der Waals surface area contributed by atoms with Gasteiger partial charge in [0.05, 0.1) is 5.39 Å². The summed E-state index contributed by atoms with van der Waals surface area (Å²) in [7, 11) is 0. The predicted octanol–water partition coefficient (Wildman–Crippen LogP) is 3.70. The van der Waals surface area contributed by atoms with E-state index in [9.17, 15) is 14.4 Å². The molecule has 1 aliphatic heterocycles. The number of para-hydroxylation sites is 1. The fourth-order valence-electron chi connectivity index (χ4n) is 3.99. The van der Waals surface area contributed by atoms with Crippen LogP contribution in [-0.2, 0) is 22.5 Å². The van der Waals surface area contributed by atoms with Crippen LogP contribution in [0.2, 0.25) is 0 Å². The average molecular weight is 440 g/mol. The molecular formula is C23H25N3O4S. The minimum atomic E-state index is -0.599. The maximum atomic E-state index is 13.1. The number of anilines is 1. The molecule has 3 aromatic rings. The minimum absolute atomic E-state index is 0.0907. The van der Waals surface area contributed by atoms with E-state index in [1.54, 1.807) is 16.4 Å². The van der Waals surface area contributed by atoms with Crippen molar-refractivity contribution in [1.82, 2.24) is 9.55 Å². The van der Waals surface area contributed by atoms with E-state index in [2.05, 4.69) is 4.98 Å². The van der Waals surface area contributed by atoms with E-state index in [1.165, 1.54) is 0 Å². The fraction of sp³-hybridized carbons (Fsp3) is 0.391. The van der Waals surface area contributed by atoms with Crippen molar-refractivity contribution in [3.05, 3.63) is 57.0 Å². The first-order valence-electron chi connectivity index (χ1n) is 10.6. The number of rotatable bonds is 5. The summed E-state index contributed by atoms with van der Waals surface area (Å²) in [4.78, 5) is 45.6. The number of aryl methyl sites for hydroxylation is 2. The highest BCUT2D eigenvalue weighted by atomic mass is 32.1. The van der Waals surface area contributed by atoms with Crippen LogP contribution in [-0.4, -0.2) is 34.6 Å². The number of carbonyl (C=O) groups excluding carboxylic acids is 2. The molecule has 0 spiro atoms. The lowest BCUT2D eigenvalue weighted by Crippen LogP contribution is -2.34. The van der Waals surface area contributed by atoms with Crippen LogP contribution in [0, 0.1) is 6.92 Å². The van der Waals surface area contributed by atoms with Crippen molar-refractivity contribution >= 4 is 39.1 Å². The van der Waals surface area contributed by atoms with E-state index in [4.69, 9.17) is 4.74 Å². The Morgan fingerprint density at radius 1 is 1.19 bits per heavy atom. The summed E-state index contributed by atoms with van der Waals surface area (Å²) in [5.74, 6) is -0.115. The first-order valence-corrected chi connectivity index (χ1v) is 11.4. The van der Waals surface area contributed by atoms with E-state index in [1.807, 2.05) is 37.3 Å². The Balaban J connectivity index is 1.55. The van der Waals surface area contributed by atoms with Gasteiger partial charge in [-0.1, -0.05) is 24.6 Å². The van der Waals surface area contributed by atoms with Gasteiger partial charge in [0.15, 0.2) is 6.61 Å². The van der Waals surface area contributed by atoms with Gasteiger partial charge < -0.3 is 9.64 Å². The highest BCUT2D eigenvalue weighted by Gasteiger charge is 2.24. The van der Waals surface area contributed by atoms with Crippen molar-refractivity contribution in [3.8, 4) is 0 Å². The summed E-state index contributed by atoms with van der Waals surface area (Å²) in [5, 5.41) is 0.480. The summed E-state index contributed by atoms with van der Waals surface area (Å²) in [5.41, 5.74) is 1.24. The van der Waals surface area contributed by atoms with Crippen molar-refractivity contribution < 1.29 is 14.3 Å². The lowest BCUT2D eigenvalue weighted by atomic mass is 10.2. The van der Waals surface area contributed by atoms with E-state index < -0.39 is 5.97 Å². The number of nitrogens with zero attached hydrogens (tertiary/aromatic N) is 3. The number of amides is 1. The monoisotopic (exact) mass is 439 g/mol. The number of esters is 1. The number of benzene rings is 1. The Morgan fingerprint density at radius 3 is 2.71 bits per heavy atom. The van der Waals surface area contributed by atoms with Crippen LogP contribution in [0.15, 0.2) is 35.1 Å². The second-order valence-corrected chi connectivity index (χ2v) is 8.58. The summed E-state index contributed by atoms with van der Waals surface area (Å²) in [6, 6.07) is 9.25. The maximum Gasteiger partial charge on any atom is 0.349 e. The Morgan fingerprint density at radius 2 is 1.97 bits per heavy atom. The van der Waals surface area contributed by atoms with E-state index in [0.717, 1.165) is 48.5 Å². The molecule has 0 N–H and O–H groups in total. The Kier molecular flexibility index (Phi) is 6.18. The summed E-state index contributed by atoms with van der Waals surface area (Å²) in [6.07, 6.45) is 3.81. The third-order valence-electron chi connectivity index (χ3n) is 5.61. The van der Waals surface area contributed by atoms with Gasteiger partial charge in [-0.25, -0.2) is 9.78 Å². The van der Waals surface area contributed by atoms with Gasteiger partial charge in [0.25, 0.3) is 11.5 Å². The molecule has 162 valence electrons. The smallest absolute Gasteiger partial charge is 0.349 e. The van der Waals surface area contributed by atoms with Crippen molar-refractivity contribution in [1.29, 1.82) is 0 Å². The zero-order chi connectivity index (χ0) is 22.0. The molecule has 0 saturated heterocycles. The van der Waals surface area contributed by atoms with Gasteiger partial charge in [-0.15, -0.1) is 11.3 Å². The van der Waals surface area contributed by atoms with Crippen LogP contribution in [0.4, 0.5) is 5.69 Å². The Bertz CT molecular complexity index is 1180. The number of hydrogen-bond donors (Lipinski definition) is 0. The van der Waals surface area contributed by atoms with E-state index in [-0.39, 0.29) is 18.1 Å². The molecule has 3 heterocycles. The molecular weight excluding hydrogens is 414 g/mol. The summed E-state index contributed by atoms with van der Waals surface area (Å²) in [6.45, 7) is 4.37. The molecule has 1 aromatic carbocycles. The van der Waals surface area contributed by atoms with Crippen LogP contribution < -0.4 is 10.5 Å². The lowest BCUT2D eigenvalue weighted by molar-refractivity contribution is -0.121. The molecule has 0 fully saturated rings. The molecule has 0 aliphatic carbocycles. The van der Waals surface area contributed by atoms with Crippen LogP contribution in [0.5, 0.6) is 0 Å². The molecule has 1 aliphatic rings. The Hall–Kier alpha value is -3.00. The van der Waals surface area contributed by atoms with Gasteiger partial charge in [-0.2, -0.15) is 0 Å². The van der Waals surface area contributed by atoms with Crippen molar-refractivity contribution in [3.63, 3.8) is 0 Å². The molecule has 1 amide bonds. The molecule has 7 nitrogen and oxygen atoms in total. The van der Waals surface area contributed by atoms with Crippen molar-refractivity contribution in [2.45, 2.75) is 46.1 Å². The number of hydrogen-bond acceptors (Lipinski definition) is 6. The molecule has 2 aromatic heterocycles. The first kappa shape index (κ1) is 21.2. The molecule has 4 rings (SSSR count). The normalized spacial score (nSPS) is 13.5. The molecule has 0 bridgehead atoms. The van der Waals surface area contributed by atoms with Crippen LogP contribution in [0.3, 0.4) is 0 Å². The Labute approximate surface area is 184 Å². The molecule has 0 radical (unpaired) electrons. The number of aromatic nitrogens is 2. The number of ether oxygens (including phenoxy) is 1. The van der Waals surface area contributed by atoms with Gasteiger partial charge in [0, 0.05) is 25.2 Å². The van der Waals surface area contributed by atoms with Crippen LogP contribution in [0.25, 0.3) is 10.2 Å². The topological polar surface area (TPSA) is 81.5 Å². The van der Waals surface area contributed by atoms with E-state index >= 15 is 0 Å². The van der Waals surface area contributed by atoms with Gasteiger partial charge >= 0.3 is 5.97 Å². The third-order valence-corrected chi connectivity index (χ3v) is 6.77. The van der Waals surface area contributed by atoms with Crippen molar-refractivity contribution in [2.75, 3.05) is 18.1 Å². The summed E-state index contributed by atoms with van der Waals surface area (Å²) >= 11 is 1.16. The van der Waals surface area contributed by atoms with Gasteiger partial charge in [-0.05, 0) is 44.4 Å². The molecule has 0 saturated carbocycles. The number of carbonyl (C=O) groups is 2. The van der Waals surface area contributed by atoms with Gasteiger partial charge in [0.1, 0.15) is 15.5 Å². The van der Waals surface area contributed by atoms with Crippen LogP contribution in [0.1, 0.15) is 47.2 Å². The number of thiophene rings is 1.